The molecule has 0 aromatic rings. The van der Waals surface area contributed by atoms with E-state index in [1.807, 2.05) is 6.08 Å². The maximum Gasteiger partial charge on any atom is 0.220 e. The summed E-state index contributed by atoms with van der Waals surface area (Å²) in [7, 11) is 0. The number of rotatable bonds is 55. The SMILES string of the molecule is CC/C=C\C/C=C\C/C=C\C/C=C\C/C=C\C/C=C\CCCCCCC(=O)NC(COC1OC(CO)C(OC2OC(CO)C(O)C(O)C2O)C(O)C1O)C(O)/C=C/CC/C=C/CC/C=C/CCCCCCCCCCCCCCCCCCCCCC. The molecule has 2 fully saturated rings. The van der Waals surface area contributed by atoms with Crippen molar-refractivity contribution in [3.05, 3.63) is 109 Å². The summed E-state index contributed by atoms with van der Waals surface area (Å²) in [6.07, 6.45) is 64.3. The molecule has 2 aliphatic heterocycles. The summed E-state index contributed by atoms with van der Waals surface area (Å²) in [5, 5.41) is 87.3. The number of hydrogen-bond acceptors (Lipinski definition) is 13. The lowest BCUT2D eigenvalue weighted by Gasteiger charge is -2.46. The average Bonchev–Trinajstić information content (AvgIpc) is 2.33. The Morgan fingerprint density at radius 2 is 0.805 bits per heavy atom. The van der Waals surface area contributed by atoms with Crippen LogP contribution in [-0.4, -0.2) is 140 Å². The molecular formula is C73H125NO13. The first kappa shape index (κ1) is 79.7. The van der Waals surface area contributed by atoms with E-state index in [0.717, 1.165) is 89.9 Å². The van der Waals surface area contributed by atoms with Gasteiger partial charge in [-0.05, 0) is 96.3 Å². The summed E-state index contributed by atoms with van der Waals surface area (Å²) in [4.78, 5) is 13.3. The second kappa shape index (κ2) is 56.6. The number of allylic oxidation sites excluding steroid dienone is 17. The molecule has 2 saturated heterocycles. The zero-order valence-electron chi connectivity index (χ0n) is 54.2. The van der Waals surface area contributed by atoms with Gasteiger partial charge >= 0.3 is 0 Å². The Labute approximate surface area is 527 Å². The Hall–Kier alpha value is -3.35. The Bertz CT molecular complexity index is 1880. The van der Waals surface area contributed by atoms with E-state index in [-0.39, 0.29) is 18.9 Å². The van der Waals surface area contributed by atoms with E-state index >= 15 is 0 Å². The molecule has 0 saturated carbocycles. The minimum Gasteiger partial charge on any atom is -0.394 e. The highest BCUT2D eigenvalue weighted by molar-refractivity contribution is 5.76. The molecule has 2 rings (SSSR count). The number of carbonyl (C=O) groups excluding carboxylic acids is 1. The summed E-state index contributed by atoms with van der Waals surface area (Å²) in [5.41, 5.74) is 0. The number of ether oxygens (including phenoxy) is 4. The summed E-state index contributed by atoms with van der Waals surface area (Å²) < 4.78 is 22.8. The molecule has 1 amide bonds. The molecule has 9 N–H and O–H groups in total. The molecule has 0 aromatic heterocycles. The summed E-state index contributed by atoms with van der Waals surface area (Å²) >= 11 is 0. The predicted molar refractivity (Wildman–Crippen MR) is 355 cm³/mol. The highest BCUT2D eigenvalue weighted by atomic mass is 16.7. The number of carbonyl (C=O) groups is 1. The van der Waals surface area contributed by atoms with Gasteiger partial charge in [0.25, 0.3) is 0 Å². The van der Waals surface area contributed by atoms with Crippen LogP contribution >= 0.6 is 0 Å². The third-order valence-corrected chi connectivity index (χ3v) is 16.2. The largest absolute Gasteiger partial charge is 0.394 e. The van der Waals surface area contributed by atoms with E-state index in [2.05, 4.69) is 116 Å². The second-order valence-electron chi connectivity index (χ2n) is 23.9. The molecule has 2 heterocycles. The van der Waals surface area contributed by atoms with E-state index in [0.29, 0.717) is 12.8 Å². The molecule has 0 spiro atoms. The van der Waals surface area contributed by atoms with Crippen molar-refractivity contribution in [1.82, 2.24) is 5.32 Å². The second-order valence-corrected chi connectivity index (χ2v) is 23.9. The van der Waals surface area contributed by atoms with Crippen LogP contribution in [0.1, 0.15) is 251 Å². The number of aliphatic hydroxyl groups is 8. The van der Waals surface area contributed by atoms with Crippen molar-refractivity contribution in [2.45, 2.75) is 325 Å². The van der Waals surface area contributed by atoms with Crippen molar-refractivity contribution < 1.29 is 64.6 Å². The first-order valence-electron chi connectivity index (χ1n) is 34.6. The highest BCUT2D eigenvalue weighted by Crippen LogP contribution is 2.30. The lowest BCUT2D eigenvalue weighted by atomic mass is 9.97. The first-order chi connectivity index (χ1) is 42.6. The van der Waals surface area contributed by atoms with Gasteiger partial charge in [0.2, 0.25) is 5.91 Å². The van der Waals surface area contributed by atoms with Crippen LogP contribution in [0.25, 0.3) is 0 Å². The van der Waals surface area contributed by atoms with Gasteiger partial charge in [-0.2, -0.15) is 0 Å². The maximum absolute atomic E-state index is 13.3. The van der Waals surface area contributed by atoms with Crippen LogP contribution in [0.15, 0.2) is 109 Å². The van der Waals surface area contributed by atoms with Gasteiger partial charge in [0.15, 0.2) is 12.6 Å². The van der Waals surface area contributed by atoms with Crippen LogP contribution in [0.3, 0.4) is 0 Å². The smallest absolute Gasteiger partial charge is 0.220 e. The first-order valence-corrected chi connectivity index (χ1v) is 34.6. The Balaban J connectivity index is 1.73. The van der Waals surface area contributed by atoms with Crippen molar-refractivity contribution in [3.63, 3.8) is 0 Å². The molecule has 0 aromatic carbocycles. The van der Waals surface area contributed by atoms with E-state index in [4.69, 9.17) is 18.9 Å². The molecule has 2 aliphatic rings. The van der Waals surface area contributed by atoms with Gasteiger partial charge in [-0.1, -0.05) is 258 Å². The van der Waals surface area contributed by atoms with Crippen molar-refractivity contribution in [2.24, 2.45) is 0 Å². The zero-order chi connectivity index (χ0) is 63.1. The third kappa shape index (κ3) is 40.9. The fourth-order valence-corrected chi connectivity index (χ4v) is 10.7. The number of unbranched alkanes of at least 4 members (excludes halogenated alkanes) is 26. The fraction of sp³-hybridized carbons (Fsp3) is 0.740. The van der Waals surface area contributed by atoms with Crippen molar-refractivity contribution in [1.29, 1.82) is 0 Å². The standard InChI is InChI=1S/C73H125NO13/c1-3-5-7-9-11-13-15-17-19-21-23-25-27-28-29-30-31-32-33-35-36-38-40-42-44-46-48-50-52-54-56-62(77)61(60-84-72-70(83)68(81)71(64(59-76)86-72)87-73-69(82)67(80)66(79)63(58-75)85-73)74-65(78)57-55-53-51-49-47-45-43-41-39-37-34-26-24-22-20-18-16-14-12-10-8-6-4-2/h6,8,12,14,18,20,24,26,37-40,43,45-46,48,54,56,61-64,66-73,75-77,79-83H,3-5,7,9-11,13,15-17,19,21-23,25,27-36,41-42,44,47,49-53,55,57-60H2,1-2H3,(H,74,78)/b8-6-,14-12-,20-18-,26-24-,39-37-,40-38+,45-43-,48-46+,56-54+. The van der Waals surface area contributed by atoms with Gasteiger partial charge < -0.3 is 65.1 Å². The molecule has 12 unspecified atom stereocenters. The fourth-order valence-electron chi connectivity index (χ4n) is 10.7. The molecule has 0 radical (unpaired) electrons. The van der Waals surface area contributed by atoms with Gasteiger partial charge in [-0.15, -0.1) is 0 Å². The van der Waals surface area contributed by atoms with Gasteiger partial charge in [-0.3, -0.25) is 4.79 Å². The average molecular weight is 1220 g/mol. The molecule has 12 atom stereocenters. The van der Waals surface area contributed by atoms with Crippen LogP contribution in [0.2, 0.25) is 0 Å². The van der Waals surface area contributed by atoms with Crippen molar-refractivity contribution in [2.75, 3.05) is 19.8 Å². The number of nitrogens with one attached hydrogen (secondary N) is 1. The summed E-state index contributed by atoms with van der Waals surface area (Å²) in [6, 6.07) is -0.962. The third-order valence-electron chi connectivity index (χ3n) is 16.2. The number of aliphatic hydroxyl groups excluding tert-OH is 8. The monoisotopic (exact) mass is 1220 g/mol. The molecule has 14 heteroatoms. The maximum atomic E-state index is 13.3. The quantitative estimate of drug-likeness (QED) is 0.0204. The van der Waals surface area contributed by atoms with E-state index in [9.17, 15) is 45.6 Å². The van der Waals surface area contributed by atoms with Crippen LogP contribution < -0.4 is 5.32 Å². The molecule has 0 bridgehead atoms. The van der Waals surface area contributed by atoms with Crippen LogP contribution in [0.5, 0.6) is 0 Å². The molecular weight excluding hydrogens is 1100 g/mol. The lowest BCUT2D eigenvalue weighted by molar-refractivity contribution is -0.359. The minimum absolute atomic E-state index is 0.233. The number of hydrogen-bond donors (Lipinski definition) is 9. The Morgan fingerprint density at radius 1 is 0.425 bits per heavy atom. The Morgan fingerprint density at radius 3 is 1.26 bits per heavy atom. The number of amides is 1. The van der Waals surface area contributed by atoms with Crippen LogP contribution in [0, 0.1) is 0 Å². The van der Waals surface area contributed by atoms with Gasteiger partial charge in [0.1, 0.15) is 48.8 Å². The van der Waals surface area contributed by atoms with Crippen LogP contribution in [-0.2, 0) is 23.7 Å². The van der Waals surface area contributed by atoms with Crippen molar-refractivity contribution >= 4 is 5.91 Å². The van der Waals surface area contributed by atoms with Crippen LogP contribution in [0.4, 0.5) is 0 Å². The van der Waals surface area contributed by atoms with Crippen molar-refractivity contribution in [3.8, 4) is 0 Å². The predicted octanol–water partition coefficient (Wildman–Crippen LogP) is 14.0. The highest BCUT2D eigenvalue weighted by Gasteiger charge is 2.51. The zero-order valence-corrected chi connectivity index (χ0v) is 54.2. The topological polar surface area (TPSA) is 228 Å². The van der Waals surface area contributed by atoms with E-state index in [1.165, 1.54) is 128 Å². The molecule has 500 valence electrons. The van der Waals surface area contributed by atoms with Gasteiger partial charge in [-0.25, -0.2) is 0 Å². The molecule has 14 nitrogen and oxygen atoms in total. The Kier molecular flexibility index (Phi) is 51.9. The molecule has 87 heavy (non-hydrogen) atoms. The van der Waals surface area contributed by atoms with Gasteiger partial charge in [0.05, 0.1) is 32.0 Å². The minimum atomic E-state index is -1.80. The summed E-state index contributed by atoms with van der Waals surface area (Å²) in [5.74, 6) is -0.280. The lowest BCUT2D eigenvalue weighted by Crippen LogP contribution is -2.65. The normalized spacial score (nSPS) is 24.0. The van der Waals surface area contributed by atoms with E-state index < -0.39 is 86.8 Å². The van der Waals surface area contributed by atoms with Gasteiger partial charge in [0, 0.05) is 6.42 Å². The van der Waals surface area contributed by atoms with E-state index in [1.54, 1.807) is 6.08 Å². The molecule has 0 aliphatic carbocycles. The summed E-state index contributed by atoms with van der Waals surface area (Å²) in [6.45, 7) is 2.65.